The SMILES string of the molecule is CCC1CN(C(C)CS(C)(=O)=O)C(C(C)C)CN1. The van der Waals surface area contributed by atoms with Gasteiger partial charge < -0.3 is 5.32 Å². The van der Waals surface area contributed by atoms with E-state index < -0.39 is 9.84 Å². The van der Waals surface area contributed by atoms with Crippen molar-refractivity contribution in [2.75, 3.05) is 25.1 Å². The molecule has 1 fully saturated rings. The van der Waals surface area contributed by atoms with Gasteiger partial charge >= 0.3 is 0 Å². The molecule has 0 aromatic heterocycles. The van der Waals surface area contributed by atoms with Crippen molar-refractivity contribution in [2.45, 2.75) is 52.2 Å². The summed E-state index contributed by atoms with van der Waals surface area (Å²) in [4.78, 5) is 2.39. The number of rotatable bonds is 5. The van der Waals surface area contributed by atoms with Gasteiger partial charge in [-0.25, -0.2) is 8.42 Å². The van der Waals surface area contributed by atoms with Gasteiger partial charge in [0, 0.05) is 37.5 Å². The summed E-state index contributed by atoms with van der Waals surface area (Å²) in [6.45, 7) is 10.5. The van der Waals surface area contributed by atoms with Crippen LogP contribution in [0.4, 0.5) is 0 Å². The minimum Gasteiger partial charge on any atom is -0.311 e. The number of piperazine rings is 1. The third-order valence-electron chi connectivity index (χ3n) is 3.85. The molecule has 0 aromatic carbocycles. The Morgan fingerprint density at radius 1 is 1.33 bits per heavy atom. The van der Waals surface area contributed by atoms with Crippen molar-refractivity contribution in [1.29, 1.82) is 0 Å². The summed E-state index contributed by atoms with van der Waals surface area (Å²) in [6, 6.07) is 1.02. The number of hydrogen-bond donors (Lipinski definition) is 1. The molecule has 5 heteroatoms. The fraction of sp³-hybridized carbons (Fsp3) is 1.00. The summed E-state index contributed by atoms with van der Waals surface area (Å²) in [5.74, 6) is 0.796. The summed E-state index contributed by atoms with van der Waals surface area (Å²) in [5, 5.41) is 3.56. The van der Waals surface area contributed by atoms with Crippen molar-refractivity contribution in [3.05, 3.63) is 0 Å². The van der Waals surface area contributed by atoms with Gasteiger partial charge in [-0.05, 0) is 19.3 Å². The third kappa shape index (κ3) is 4.52. The zero-order valence-electron chi connectivity index (χ0n) is 12.3. The highest BCUT2D eigenvalue weighted by atomic mass is 32.2. The van der Waals surface area contributed by atoms with Gasteiger partial charge in [-0.15, -0.1) is 0 Å². The van der Waals surface area contributed by atoms with Crippen LogP contribution in [0.25, 0.3) is 0 Å². The molecule has 0 radical (unpaired) electrons. The zero-order valence-corrected chi connectivity index (χ0v) is 13.1. The lowest BCUT2D eigenvalue weighted by Gasteiger charge is -2.45. The predicted octanol–water partition coefficient (Wildman–Crippen LogP) is 1.13. The standard InChI is InChI=1S/C13H28N2O2S/c1-6-12-8-15(11(4)9-18(5,16)17)13(7-14-12)10(2)3/h10-14H,6-9H2,1-5H3. The van der Waals surface area contributed by atoms with Crippen LogP contribution in [0.2, 0.25) is 0 Å². The van der Waals surface area contributed by atoms with E-state index in [0.29, 0.717) is 18.0 Å². The Morgan fingerprint density at radius 3 is 2.39 bits per heavy atom. The molecule has 1 N–H and O–H groups in total. The number of nitrogens with one attached hydrogen (secondary N) is 1. The lowest BCUT2D eigenvalue weighted by molar-refractivity contribution is 0.0694. The van der Waals surface area contributed by atoms with Gasteiger partial charge in [0.2, 0.25) is 0 Å². The first-order valence-corrected chi connectivity index (χ1v) is 8.97. The quantitative estimate of drug-likeness (QED) is 0.818. The van der Waals surface area contributed by atoms with E-state index in [4.69, 9.17) is 0 Å². The summed E-state index contributed by atoms with van der Waals surface area (Å²) in [6.07, 6.45) is 2.42. The van der Waals surface area contributed by atoms with E-state index in [1.807, 2.05) is 6.92 Å². The molecule has 1 saturated heterocycles. The molecular formula is C13H28N2O2S. The number of hydrogen-bond acceptors (Lipinski definition) is 4. The van der Waals surface area contributed by atoms with E-state index in [2.05, 4.69) is 31.0 Å². The minimum atomic E-state index is -2.91. The van der Waals surface area contributed by atoms with Crippen LogP contribution in [-0.2, 0) is 9.84 Å². The Bertz CT molecular complexity index is 354. The van der Waals surface area contributed by atoms with E-state index in [0.717, 1.165) is 19.5 Å². The highest BCUT2D eigenvalue weighted by molar-refractivity contribution is 7.90. The zero-order chi connectivity index (χ0) is 13.9. The smallest absolute Gasteiger partial charge is 0.148 e. The van der Waals surface area contributed by atoms with Crippen molar-refractivity contribution >= 4 is 9.84 Å². The maximum atomic E-state index is 11.5. The molecule has 1 heterocycles. The fourth-order valence-electron chi connectivity index (χ4n) is 2.79. The molecule has 0 amide bonds. The lowest BCUT2D eigenvalue weighted by atomic mass is 9.96. The van der Waals surface area contributed by atoms with Crippen molar-refractivity contribution in [1.82, 2.24) is 10.2 Å². The predicted molar refractivity (Wildman–Crippen MR) is 76.6 cm³/mol. The van der Waals surface area contributed by atoms with Gasteiger partial charge in [-0.2, -0.15) is 0 Å². The van der Waals surface area contributed by atoms with Crippen LogP contribution in [0.15, 0.2) is 0 Å². The summed E-state index contributed by atoms with van der Waals surface area (Å²) < 4.78 is 22.9. The monoisotopic (exact) mass is 276 g/mol. The van der Waals surface area contributed by atoms with Crippen LogP contribution in [-0.4, -0.2) is 56.5 Å². The molecule has 3 atom stereocenters. The Labute approximate surface area is 112 Å². The summed E-state index contributed by atoms with van der Waals surface area (Å²) in [7, 11) is -2.91. The van der Waals surface area contributed by atoms with Crippen LogP contribution in [0.5, 0.6) is 0 Å². The third-order valence-corrected chi connectivity index (χ3v) is 4.93. The van der Waals surface area contributed by atoms with Gasteiger partial charge in [0.05, 0.1) is 5.75 Å². The first-order chi connectivity index (χ1) is 8.24. The van der Waals surface area contributed by atoms with Gasteiger partial charge in [-0.3, -0.25) is 4.90 Å². The molecule has 1 aliphatic rings. The van der Waals surface area contributed by atoms with Crippen molar-refractivity contribution in [2.24, 2.45) is 5.92 Å². The normalized spacial score (nSPS) is 28.6. The Hall–Kier alpha value is -0.130. The number of sulfone groups is 1. The average molecular weight is 276 g/mol. The molecule has 0 spiro atoms. The Balaban J connectivity index is 2.77. The van der Waals surface area contributed by atoms with Gasteiger partial charge in [-0.1, -0.05) is 20.8 Å². The Morgan fingerprint density at radius 2 is 1.94 bits per heavy atom. The lowest BCUT2D eigenvalue weighted by Crippen LogP contribution is -2.61. The summed E-state index contributed by atoms with van der Waals surface area (Å²) >= 11 is 0. The maximum absolute atomic E-state index is 11.5. The van der Waals surface area contributed by atoms with Crippen LogP contribution >= 0.6 is 0 Å². The molecule has 108 valence electrons. The molecular weight excluding hydrogens is 248 g/mol. The fourth-order valence-corrected chi connectivity index (χ4v) is 3.86. The summed E-state index contributed by atoms with van der Waals surface area (Å²) in [5.41, 5.74) is 0. The van der Waals surface area contributed by atoms with Crippen LogP contribution < -0.4 is 5.32 Å². The topological polar surface area (TPSA) is 49.4 Å². The maximum Gasteiger partial charge on any atom is 0.148 e. The second kappa shape index (κ2) is 6.35. The van der Waals surface area contributed by atoms with Crippen LogP contribution in [0.1, 0.15) is 34.1 Å². The minimum absolute atomic E-state index is 0.101. The Kier molecular flexibility index (Phi) is 5.62. The van der Waals surface area contributed by atoms with E-state index >= 15 is 0 Å². The molecule has 0 saturated carbocycles. The molecule has 1 rings (SSSR count). The van der Waals surface area contributed by atoms with E-state index in [-0.39, 0.29) is 11.8 Å². The molecule has 18 heavy (non-hydrogen) atoms. The molecule has 1 aliphatic heterocycles. The van der Waals surface area contributed by atoms with Crippen molar-refractivity contribution in [3.63, 3.8) is 0 Å². The molecule has 4 nitrogen and oxygen atoms in total. The van der Waals surface area contributed by atoms with E-state index in [9.17, 15) is 8.42 Å². The van der Waals surface area contributed by atoms with Gasteiger partial charge in [0.15, 0.2) is 0 Å². The second-order valence-electron chi connectivity index (χ2n) is 5.96. The molecule has 0 bridgehead atoms. The van der Waals surface area contributed by atoms with Gasteiger partial charge in [0.25, 0.3) is 0 Å². The first kappa shape index (κ1) is 15.9. The van der Waals surface area contributed by atoms with Crippen molar-refractivity contribution < 1.29 is 8.42 Å². The molecule has 0 aromatic rings. The van der Waals surface area contributed by atoms with Gasteiger partial charge in [0.1, 0.15) is 9.84 Å². The highest BCUT2D eigenvalue weighted by Gasteiger charge is 2.33. The van der Waals surface area contributed by atoms with E-state index in [1.54, 1.807) is 0 Å². The highest BCUT2D eigenvalue weighted by Crippen LogP contribution is 2.19. The van der Waals surface area contributed by atoms with Crippen LogP contribution in [0, 0.1) is 5.92 Å². The van der Waals surface area contributed by atoms with Crippen molar-refractivity contribution in [3.8, 4) is 0 Å². The molecule has 3 unspecified atom stereocenters. The second-order valence-corrected chi connectivity index (χ2v) is 8.15. The number of nitrogens with zero attached hydrogens (tertiary/aromatic N) is 1. The van der Waals surface area contributed by atoms with E-state index in [1.165, 1.54) is 6.26 Å². The largest absolute Gasteiger partial charge is 0.311 e. The average Bonchev–Trinajstić information content (AvgIpc) is 2.25. The first-order valence-electron chi connectivity index (χ1n) is 6.91. The van der Waals surface area contributed by atoms with Crippen LogP contribution in [0.3, 0.4) is 0 Å². The molecule has 0 aliphatic carbocycles.